The smallest absolute Gasteiger partial charge is 0.270 e. The summed E-state index contributed by atoms with van der Waals surface area (Å²) < 4.78 is 11.7. The number of ether oxygens (including phenoxy) is 2. The van der Waals surface area contributed by atoms with Crippen LogP contribution in [-0.2, 0) is 4.79 Å². The molecule has 52 heavy (non-hydrogen) atoms. The van der Waals surface area contributed by atoms with E-state index in [4.69, 9.17) is 9.47 Å². The number of nitrogens with zero attached hydrogens (tertiary/aromatic N) is 4. The van der Waals surface area contributed by atoms with Crippen molar-refractivity contribution in [3.8, 4) is 22.6 Å². The summed E-state index contributed by atoms with van der Waals surface area (Å²) in [6, 6.07) is 23.6. The van der Waals surface area contributed by atoms with Gasteiger partial charge in [-0.1, -0.05) is 36.4 Å². The molecule has 4 aromatic rings. The van der Waals surface area contributed by atoms with E-state index >= 15 is 0 Å². The van der Waals surface area contributed by atoms with Gasteiger partial charge >= 0.3 is 0 Å². The average Bonchev–Trinajstić information content (AvgIpc) is 3.16. The Morgan fingerprint density at radius 2 is 1.63 bits per heavy atom. The van der Waals surface area contributed by atoms with Gasteiger partial charge in [0.15, 0.2) is 0 Å². The number of likely N-dealkylation sites (N-methyl/N-ethyl adjacent to an activating group) is 1. The van der Waals surface area contributed by atoms with Crippen LogP contribution in [0.15, 0.2) is 84.9 Å². The number of rotatable bonds is 14. The first-order valence-electron chi connectivity index (χ1n) is 17.4. The second kappa shape index (κ2) is 17.5. The highest BCUT2D eigenvalue weighted by atomic mass is 16.6. The fourth-order valence-corrected chi connectivity index (χ4v) is 6.09. The van der Waals surface area contributed by atoms with Crippen LogP contribution in [0.2, 0.25) is 0 Å². The molecule has 1 heterocycles. The van der Waals surface area contributed by atoms with Gasteiger partial charge < -0.3 is 29.5 Å². The summed E-state index contributed by atoms with van der Waals surface area (Å²) in [5.74, 6) is 0.136. The van der Waals surface area contributed by atoms with Gasteiger partial charge in [0.1, 0.15) is 11.5 Å². The number of benzene rings is 4. The van der Waals surface area contributed by atoms with Crippen LogP contribution in [0.4, 0.5) is 17.1 Å². The number of amides is 3. The average molecular weight is 708 g/mol. The molecule has 0 atom stereocenters. The Hall–Kier alpha value is -5.75. The lowest BCUT2D eigenvalue weighted by Crippen LogP contribution is -2.47. The van der Waals surface area contributed by atoms with Gasteiger partial charge in [-0.3, -0.25) is 24.5 Å². The molecule has 1 fully saturated rings. The number of nitro groups is 1. The third-order valence-corrected chi connectivity index (χ3v) is 9.17. The first kappa shape index (κ1) is 37.5. The highest BCUT2D eigenvalue weighted by molar-refractivity contribution is 6.11. The molecule has 12 heteroatoms. The molecule has 0 radical (unpaired) electrons. The summed E-state index contributed by atoms with van der Waals surface area (Å²) in [6.45, 7) is 5.79. The number of hydrogen-bond donors (Lipinski definition) is 1. The maximum absolute atomic E-state index is 13.8. The summed E-state index contributed by atoms with van der Waals surface area (Å²) in [4.78, 5) is 56.6. The van der Waals surface area contributed by atoms with Crippen molar-refractivity contribution in [2.24, 2.45) is 0 Å². The van der Waals surface area contributed by atoms with Crippen LogP contribution in [0.5, 0.6) is 11.5 Å². The molecular weight excluding hydrogens is 662 g/mol. The van der Waals surface area contributed by atoms with Crippen molar-refractivity contribution < 1.29 is 28.8 Å². The fourth-order valence-electron chi connectivity index (χ4n) is 6.09. The van der Waals surface area contributed by atoms with E-state index in [9.17, 15) is 24.5 Å². The molecule has 4 aromatic carbocycles. The van der Waals surface area contributed by atoms with E-state index < -0.39 is 10.8 Å². The zero-order valence-electron chi connectivity index (χ0n) is 30.1. The largest absolute Gasteiger partial charge is 0.495 e. The summed E-state index contributed by atoms with van der Waals surface area (Å²) in [6.07, 6.45) is 2.96. The fraction of sp³-hybridized carbons (Fsp3) is 0.325. The zero-order chi connectivity index (χ0) is 37.2. The van der Waals surface area contributed by atoms with Gasteiger partial charge in [0.25, 0.3) is 17.5 Å². The highest BCUT2D eigenvalue weighted by Crippen LogP contribution is 2.33. The van der Waals surface area contributed by atoms with Gasteiger partial charge in [-0.05, 0) is 86.3 Å². The van der Waals surface area contributed by atoms with Crippen molar-refractivity contribution >= 4 is 34.8 Å². The third kappa shape index (κ3) is 9.32. The Bertz CT molecular complexity index is 1910. The van der Waals surface area contributed by atoms with Gasteiger partial charge in [-0.15, -0.1) is 0 Å². The molecule has 5 rings (SSSR count). The summed E-state index contributed by atoms with van der Waals surface area (Å²) in [7, 11) is 5.17. The Labute approximate surface area is 304 Å². The maximum atomic E-state index is 13.8. The van der Waals surface area contributed by atoms with Crippen molar-refractivity contribution in [2.45, 2.75) is 32.6 Å². The van der Waals surface area contributed by atoms with Crippen molar-refractivity contribution in [1.82, 2.24) is 9.80 Å². The van der Waals surface area contributed by atoms with Crippen LogP contribution in [0.3, 0.4) is 0 Å². The molecule has 272 valence electrons. The van der Waals surface area contributed by atoms with E-state index in [1.807, 2.05) is 60.4 Å². The van der Waals surface area contributed by atoms with Crippen molar-refractivity contribution in [2.75, 3.05) is 64.2 Å². The lowest BCUT2D eigenvalue weighted by Gasteiger charge is -2.32. The molecule has 1 aliphatic heterocycles. The maximum Gasteiger partial charge on any atom is 0.270 e. The third-order valence-electron chi connectivity index (χ3n) is 9.17. The zero-order valence-corrected chi connectivity index (χ0v) is 30.1. The molecule has 0 unspecified atom stereocenters. The Morgan fingerprint density at radius 3 is 2.35 bits per heavy atom. The van der Waals surface area contributed by atoms with Gasteiger partial charge in [0.2, 0.25) is 5.91 Å². The molecule has 1 N–H and O–H groups in total. The molecule has 3 amide bonds. The highest BCUT2D eigenvalue weighted by Gasteiger charge is 2.23. The van der Waals surface area contributed by atoms with E-state index in [0.29, 0.717) is 41.3 Å². The number of carbonyl (C=O) groups excluding carboxylic acids is 3. The Morgan fingerprint density at radius 1 is 0.885 bits per heavy atom. The van der Waals surface area contributed by atoms with Crippen LogP contribution < -0.4 is 19.7 Å². The number of piperazine rings is 1. The van der Waals surface area contributed by atoms with Gasteiger partial charge in [-0.25, -0.2) is 0 Å². The second-order valence-electron chi connectivity index (χ2n) is 12.9. The molecule has 0 spiro atoms. The normalized spacial score (nSPS) is 13.0. The quantitative estimate of drug-likeness (QED) is 0.0858. The molecule has 12 nitrogen and oxygen atoms in total. The minimum atomic E-state index is -0.569. The summed E-state index contributed by atoms with van der Waals surface area (Å²) >= 11 is 0. The predicted octanol–water partition coefficient (Wildman–Crippen LogP) is 6.82. The van der Waals surface area contributed by atoms with Gasteiger partial charge in [0, 0.05) is 57.3 Å². The molecule has 0 bridgehead atoms. The molecule has 0 aromatic heterocycles. The van der Waals surface area contributed by atoms with E-state index in [1.54, 1.807) is 25.2 Å². The number of non-ortho nitro benzene ring substituents is 1. The van der Waals surface area contributed by atoms with Crippen LogP contribution in [0.1, 0.15) is 52.0 Å². The van der Waals surface area contributed by atoms with Crippen LogP contribution in [0.25, 0.3) is 11.1 Å². The van der Waals surface area contributed by atoms with Crippen molar-refractivity contribution in [1.29, 1.82) is 0 Å². The topological polar surface area (TPSA) is 135 Å². The molecule has 0 saturated carbocycles. The van der Waals surface area contributed by atoms with Crippen molar-refractivity contribution in [3.63, 3.8) is 0 Å². The Kier molecular flexibility index (Phi) is 12.6. The number of methoxy groups -OCH3 is 1. The number of hydrogen-bond acceptors (Lipinski definition) is 8. The number of unbranched alkanes of at least 4 members (excludes halogenated alkanes) is 2. The Balaban J connectivity index is 1.23. The second-order valence-corrected chi connectivity index (χ2v) is 12.9. The van der Waals surface area contributed by atoms with Gasteiger partial charge in [-0.2, -0.15) is 0 Å². The molecule has 1 saturated heterocycles. The standard InChI is InChI=1S/C40H45N5O7/c1-28-14-19-35(37(25-28)52-24-10-6-9-13-38(46)44-22-20-42(2)21-23-44)43(3)40(48)30-15-18-34(36(26-30)51-4)41-39(47)33-27-31(45(49)50)16-17-32(33)29-11-7-5-8-12-29/h5,7-8,11-12,14-19,25-27H,6,9-10,13,20-24H2,1-4H3,(H,41,47). The first-order valence-corrected chi connectivity index (χ1v) is 17.4. The molecular formula is C40H45N5O7. The van der Waals surface area contributed by atoms with Gasteiger partial charge in [0.05, 0.1) is 35.6 Å². The molecule has 0 aliphatic carbocycles. The number of nitro benzene ring substituents is 1. The lowest BCUT2D eigenvalue weighted by atomic mass is 9.98. The van der Waals surface area contributed by atoms with Crippen LogP contribution >= 0.6 is 0 Å². The number of carbonyl (C=O) groups is 3. The minimum Gasteiger partial charge on any atom is -0.495 e. The number of nitrogens with one attached hydrogen (secondary N) is 1. The number of anilines is 2. The first-order chi connectivity index (χ1) is 25.0. The summed E-state index contributed by atoms with van der Waals surface area (Å²) in [5.41, 5.74) is 3.35. The predicted molar refractivity (Wildman–Crippen MR) is 201 cm³/mol. The van der Waals surface area contributed by atoms with E-state index in [-0.39, 0.29) is 28.8 Å². The monoisotopic (exact) mass is 707 g/mol. The van der Waals surface area contributed by atoms with E-state index in [2.05, 4.69) is 17.3 Å². The molecule has 1 aliphatic rings. The van der Waals surface area contributed by atoms with E-state index in [0.717, 1.165) is 56.6 Å². The lowest BCUT2D eigenvalue weighted by molar-refractivity contribution is -0.384. The number of aryl methyl sites for hydroxylation is 1. The van der Waals surface area contributed by atoms with E-state index in [1.165, 1.54) is 30.2 Å². The van der Waals surface area contributed by atoms with Crippen molar-refractivity contribution in [3.05, 3.63) is 112 Å². The van der Waals surface area contributed by atoms with Crippen LogP contribution in [0, 0.1) is 17.0 Å². The SMILES string of the molecule is COc1cc(C(=O)N(C)c2ccc(C)cc2OCCCCCC(=O)N2CCN(C)CC2)ccc1NC(=O)c1cc([N+](=O)[O-])ccc1-c1ccccc1. The minimum absolute atomic E-state index is 0.119. The summed E-state index contributed by atoms with van der Waals surface area (Å²) in [5, 5.41) is 14.3. The van der Waals surface area contributed by atoms with Crippen LogP contribution in [-0.4, -0.2) is 86.4 Å².